The van der Waals surface area contributed by atoms with Gasteiger partial charge in [0.05, 0.1) is 23.8 Å². The van der Waals surface area contributed by atoms with Crippen molar-refractivity contribution < 1.29 is 4.79 Å². The fourth-order valence-electron chi connectivity index (χ4n) is 3.06. The van der Waals surface area contributed by atoms with E-state index in [-0.39, 0.29) is 5.91 Å². The Labute approximate surface area is 130 Å². The van der Waals surface area contributed by atoms with Crippen molar-refractivity contribution in [1.29, 1.82) is 0 Å². The summed E-state index contributed by atoms with van der Waals surface area (Å²) in [5.74, 6) is 0.631. The number of nitrogens with zero attached hydrogens (tertiary/aromatic N) is 4. The van der Waals surface area contributed by atoms with Crippen molar-refractivity contribution in [3.8, 4) is 11.3 Å². The predicted octanol–water partition coefficient (Wildman–Crippen LogP) is 1.98. The molecule has 3 heterocycles. The first-order valence-electron chi connectivity index (χ1n) is 7.70. The van der Waals surface area contributed by atoms with Crippen LogP contribution in [0.25, 0.3) is 11.3 Å². The maximum Gasteiger partial charge on any atom is 0.219 e. The van der Waals surface area contributed by atoms with Crippen LogP contribution in [0.15, 0.2) is 18.6 Å². The van der Waals surface area contributed by atoms with Crippen molar-refractivity contribution in [2.24, 2.45) is 5.92 Å². The molecule has 0 saturated carbocycles. The number of piperidine rings is 1. The maximum atomic E-state index is 11.5. The average molecular weight is 299 g/mol. The second-order valence-corrected chi connectivity index (χ2v) is 5.98. The van der Waals surface area contributed by atoms with Gasteiger partial charge in [0.2, 0.25) is 5.91 Å². The molecule has 1 aliphatic rings. The minimum atomic E-state index is 0.165. The van der Waals surface area contributed by atoms with E-state index in [0.717, 1.165) is 55.0 Å². The molecule has 1 fully saturated rings. The Hall–Kier alpha value is -2.24. The number of carbonyl (C=O) groups excluding carboxylic acids is 1. The number of nitrogens with one attached hydrogen (secondary N) is 1. The lowest BCUT2D eigenvalue weighted by molar-refractivity contribution is -0.130. The summed E-state index contributed by atoms with van der Waals surface area (Å²) in [5, 5.41) is 6.96. The van der Waals surface area contributed by atoms with E-state index in [2.05, 4.69) is 15.2 Å². The van der Waals surface area contributed by atoms with E-state index in [0.29, 0.717) is 5.92 Å². The fourth-order valence-corrected chi connectivity index (χ4v) is 3.06. The van der Waals surface area contributed by atoms with Crippen LogP contribution in [-0.4, -0.2) is 44.1 Å². The van der Waals surface area contributed by atoms with Crippen LogP contribution in [0.1, 0.15) is 31.2 Å². The van der Waals surface area contributed by atoms with Crippen LogP contribution in [0.5, 0.6) is 0 Å². The molecule has 0 radical (unpaired) electrons. The van der Waals surface area contributed by atoms with Gasteiger partial charge in [-0.15, -0.1) is 0 Å². The van der Waals surface area contributed by atoms with Gasteiger partial charge in [0.15, 0.2) is 0 Å². The molecule has 1 saturated heterocycles. The Kier molecular flexibility index (Phi) is 4.18. The number of aryl methyl sites for hydroxylation is 1. The number of aromatic nitrogens is 4. The van der Waals surface area contributed by atoms with Gasteiger partial charge in [-0.05, 0) is 32.1 Å². The van der Waals surface area contributed by atoms with Crippen molar-refractivity contribution >= 4 is 5.91 Å². The summed E-state index contributed by atoms with van der Waals surface area (Å²) in [7, 11) is 0. The Bertz CT molecular complexity index is 666. The van der Waals surface area contributed by atoms with Gasteiger partial charge in [0.1, 0.15) is 0 Å². The molecule has 1 amide bonds. The summed E-state index contributed by atoms with van der Waals surface area (Å²) in [6, 6.07) is 0. The van der Waals surface area contributed by atoms with Gasteiger partial charge in [0.25, 0.3) is 0 Å². The van der Waals surface area contributed by atoms with Crippen molar-refractivity contribution in [3.05, 3.63) is 30.0 Å². The summed E-state index contributed by atoms with van der Waals surface area (Å²) < 4.78 is 0. The van der Waals surface area contributed by atoms with Gasteiger partial charge in [0, 0.05) is 37.5 Å². The van der Waals surface area contributed by atoms with E-state index in [1.54, 1.807) is 19.3 Å². The molecule has 3 rings (SSSR count). The molecular formula is C16H21N5O. The summed E-state index contributed by atoms with van der Waals surface area (Å²) in [5.41, 5.74) is 3.81. The predicted molar refractivity (Wildman–Crippen MR) is 83.0 cm³/mol. The maximum absolute atomic E-state index is 11.5. The van der Waals surface area contributed by atoms with E-state index in [1.807, 2.05) is 18.0 Å². The normalized spacial score (nSPS) is 18.5. The largest absolute Gasteiger partial charge is 0.343 e. The number of carbonyl (C=O) groups is 1. The molecular weight excluding hydrogens is 278 g/mol. The third kappa shape index (κ3) is 3.16. The lowest BCUT2D eigenvalue weighted by Gasteiger charge is -2.31. The van der Waals surface area contributed by atoms with Crippen LogP contribution in [-0.2, 0) is 11.2 Å². The van der Waals surface area contributed by atoms with Crippen LogP contribution >= 0.6 is 0 Å². The highest BCUT2D eigenvalue weighted by Gasteiger charge is 2.22. The second kappa shape index (κ2) is 6.25. The highest BCUT2D eigenvalue weighted by molar-refractivity contribution is 5.73. The van der Waals surface area contributed by atoms with E-state index in [9.17, 15) is 4.79 Å². The molecule has 1 atom stereocenters. The molecule has 1 aliphatic heterocycles. The number of hydrogen-bond acceptors (Lipinski definition) is 4. The summed E-state index contributed by atoms with van der Waals surface area (Å²) in [6.45, 7) is 5.32. The van der Waals surface area contributed by atoms with Crippen LogP contribution < -0.4 is 0 Å². The lowest BCUT2D eigenvalue weighted by Crippen LogP contribution is -2.39. The zero-order valence-corrected chi connectivity index (χ0v) is 13.0. The van der Waals surface area contributed by atoms with Crippen LogP contribution in [0.3, 0.4) is 0 Å². The molecule has 2 aromatic rings. The van der Waals surface area contributed by atoms with Crippen molar-refractivity contribution in [1.82, 2.24) is 25.1 Å². The van der Waals surface area contributed by atoms with Crippen molar-refractivity contribution in [3.63, 3.8) is 0 Å². The first-order chi connectivity index (χ1) is 10.6. The monoisotopic (exact) mass is 299 g/mol. The highest BCUT2D eigenvalue weighted by atomic mass is 16.2. The van der Waals surface area contributed by atoms with Gasteiger partial charge in [-0.25, -0.2) is 4.98 Å². The molecule has 1 N–H and O–H groups in total. The van der Waals surface area contributed by atoms with Crippen molar-refractivity contribution in [2.75, 3.05) is 13.1 Å². The third-order valence-electron chi connectivity index (χ3n) is 4.25. The molecule has 0 bridgehead atoms. The molecule has 6 heteroatoms. The highest BCUT2D eigenvalue weighted by Crippen LogP contribution is 2.22. The minimum Gasteiger partial charge on any atom is -0.343 e. The number of amides is 1. The Morgan fingerprint density at radius 1 is 1.41 bits per heavy atom. The summed E-state index contributed by atoms with van der Waals surface area (Å²) in [6.07, 6.45) is 8.44. The average Bonchev–Trinajstić information content (AvgIpc) is 2.94. The minimum absolute atomic E-state index is 0.165. The van der Waals surface area contributed by atoms with Crippen LogP contribution in [0.4, 0.5) is 0 Å². The Morgan fingerprint density at radius 3 is 3.00 bits per heavy atom. The molecule has 0 aromatic carbocycles. The van der Waals surface area contributed by atoms with Gasteiger partial charge in [-0.2, -0.15) is 5.10 Å². The topological polar surface area (TPSA) is 74.8 Å². The Morgan fingerprint density at radius 2 is 2.27 bits per heavy atom. The van der Waals surface area contributed by atoms with Gasteiger partial charge in [-0.1, -0.05) is 0 Å². The first kappa shape index (κ1) is 14.7. The first-order valence-corrected chi connectivity index (χ1v) is 7.70. The fraction of sp³-hybridized carbons (Fsp3) is 0.500. The quantitative estimate of drug-likeness (QED) is 0.940. The summed E-state index contributed by atoms with van der Waals surface area (Å²) in [4.78, 5) is 22.5. The SMILES string of the molecule is CC(=O)N1CCCC(Cc2cncc(-c3cn[nH]c3C)n2)C1. The number of rotatable bonds is 3. The van der Waals surface area contributed by atoms with Gasteiger partial charge in [-0.3, -0.25) is 14.9 Å². The van der Waals surface area contributed by atoms with E-state index in [4.69, 9.17) is 4.98 Å². The number of likely N-dealkylation sites (tertiary alicyclic amines) is 1. The molecule has 1 unspecified atom stereocenters. The standard InChI is InChI=1S/C16H21N5O/c1-11-15(8-18-20-11)16-9-17-7-14(19-16)6-13-4-3-5-21(10-13)12(2)22/h7-9,13H,3-6,10H2,1-2H3,(H,18,20). The molecule has 0 aliphatic carbocycles. The molecule has 0 spiro atoms. The van der Waals surface area contributed by atoms with E-state index in [1.165, 1.54) is 0 Å². The van der Waals surface area contributed by atoms with Gasteiger partial charge < -0.3 is 4.90 Å². The second-order valence-electron chi connectivity index (χ2n) is 5.98. The van der Waals surface area contributed by atoms with Gasteiger partial charge >= 0.3 is 0 Å². The number of H-pyrrole nitrogens is 1. The molecule has 116 valence electrons. The van der Waals surface area contributed by atoms with E-state index < -0.39 is 0 Å². The zero-order valence-electron chi connectivity index (χ0n) is 13.0. The molecule has 2 aromatic heterocycles. The van der Waals surface area contributed by atoms with Crippen LogP contribution in [0, 0.1) is 12.8 Å². The lowest BCUT2D eigenvalue weighted by atomic mass is 9.93. The number of hydrogen-bond donors (Lipinski definition) is 1. The smallest absolute Gasteiger partial charge is 0.219 e. The zero-order chi connectivity index (χ0) is 15.5. The third-order valence-corrected chi connectivity index (χ3v) is 4.25. The summed E-state index contributed by atoms with van der Waals surface area (Å²) >= 11 is 0. The Balaban J connectivity index is 1.73. The van der Waals surface area contributed by atoms with E-state index >= 15 is 0 Å². The molecule has 6 nitrogen and oxygen atoms in total. The molecule has 22 heavy (non-hydrogen) atoms. The van der Waals surface area contributed by atoms with Crippen molar-refractivity contribution in [2.45, 2.75) is 33.1 Å². The van der Waals surface area contributed by atoms with Crippen LogP contribution in [0.2, 0.25) is 0 Å². The number of aromatic amines is 1.